The van der Waals surface area contributed by atoms with Gasteiger partial charge in [-0.05, 0) is 36.4 Å². The third-order valence-corrected chi connectivity index (χ3v) is 4.02. The molecular weight excluding hydrogens is 426 g/mol. The van der Waals surface area contributed by atoms with Gasteiger partial charge in [0.15, 0.2) is 0 Å². The SMILES string of the molecule is N=C(C=C(N)C(F)(F)F)c1cccc(Cc2cccc(-c3cc(C(F)(F)F)[nH]n3)n2)n1. The lowest BCUT2D eigenvalue weighted by Crippen LogP contribution is -2.21. The van der Waals surface area contributed by atoms with Gasteiger partial charge >= 0.3 is 12.4 Å². The predicted octanol–water partition coefficient (Wildman–Crippen LogP) is 4.25. The molecule has 3 aromatic rings. The molecule has 0 bridgehead atoms. The molecule has 0 amide bonds. The first-order chi connectivity index (χ1) is 14.4. The highest BCUT2D eigenvalue weighted by atomic mass is 19.4. The summed E-state index contributed by atoms with van der Waals surface area (Å²) in [6.07, 6.45) is -8.72. The molecule has 0 aliphatic heterocycles. The lowest BCUT2D eigenvalue weighted by Gasteiger charge is -2.08. The Labute approximate surface area is 171 Å². The largest absolute Gasteiger partial charge is 0.432 e. The Morgan fingerprint density at radius 2 is 1.61 bits per heavy atom. The van der Waals surface area contributed by atoms with Crippen molar-refractivity contribution < 1.29 is 26.3 Å². The number of aromatic nitrogens is 4. The minimum absolute atomic E-state index is 0.00502. The normalized spacial score (nSPS) is 12.8. The average molecular weight is 440 g/mol. The van der Waals surface area contributed by atoms with Gasteiger partial charge in [-0.15, -0.1) is 0 Å². The molecule has 0 aliphatic rings. The maximum Gasteiger partial charge on any atom is 0.432 e. The van der Waals surface area contributed by atoms with E-state index in [-0.39, 0.29) is 23.5 Å². The van der Waals surface area contributed by atoms with Gasteiger partial charge in [0.2, 0.25) is 0 Å². The number of hydrogen-bond donors (Lipinski definition) is 3. The Balaban J connectivity index is 1.81. The van der Waals surface area contributed by atoms with E-state index in [9.17, 15) is 26.3 Å². The summed E-state index contributed by atoms with van der Waals surface area (Å²) >= 11 is 0. The van der Waals surface area contributed by atoms with E-state index in [1.807, 2.05) is 5.10 Å². The van der Waals surface area contributed by atoms with Crippen LogP contribution in [0.25, 0.3) is 11.4 Å². The van der Waals surface area contributed by atoms with Crippen LogP contribution < -0.4 is 5.73 Å². The highest BCUT2D eigenvalue weighted by Gasteiger charge is 2.33. The second-order valence-electron chi connectivity index (χ2n) is 6.38. The monoisotopic (exact) mass is 440 g/mol. The molecule has 0 radical (unpaired) electrons. The van der Waals surface area contributed by atoms with Crippen LogP contribution in [-0.2, 0) is 12.6 Å². The summed E-state index contributed by atoms with van der Waals surface area (Å²) in [6.45, 7) is 0. The van der Waals surface area contributed by atoms with E-state index >= 15 is 0 Å². The van der Waals surface area contributed by atoms with Crippen LogP contribution in [0.3, 0.4) is 0 Å². The summed E-state index contributed by atoms with van der Waals surface area (Å²) in [5.74, 6) is 0. The predicted molar refractivity (Wildman–Crippen MR) is 99.0 cm³/mol. The van der Waals surface area contributed by atoms with Gasteiger partial charge in [0.25, 0.3) is 0 Å². The number of aromatic amines is 1. The third-order valence-electron chi connectivity index (χ3n) is 4.02. The summed E-state index contributed by atoms with van der Waals surface area (Å²) < 4.78 is 75.9. The molecule has 0 fully saturated rings. The van der Waals surface area contributed by atoms with E-state index in [2.05, 4.69) is 15.1 Å². The number of nitrogens with two attached hydrogens (primary N) is 1. The van der Waals surface area contributed by atoms with Crippen molar-refractivity contribution in [1.82, 2.24) is 20.2 Å². The first kappa shape index (κ1) is 22.0. The number of H-pyrrole nitrogens is 1. The molecule has 0 atom stereocenters. The van der Waals surface area contributed by atoms with Crippen LogP contribution in [0.4, 0.5) is 26.3 Å². The number of allylic oxidation sites excluding steroid dienone is 2. The van der Waals surface area contributed by atoms with Crippen LogP contribution in [0, 0.1) is 5.41 Å². The van der Waals surface area contributed by atoms with Crippen LogP contribution in [-0.4, -0.2) is 32.1 Å². The molecular formula is C19H14F6N6. The second-order valence-corrected chi connectivity index (χ2v) is 6.38. The molecule has 3 heterocycles. The summed E-state index contributed by atoms with van der Waals surface area (Å²) in [5.41, 5.74) is 3.00. The van der Waals surface area contributed by atoms with Crippen molar-refractivity contribution in [3.8, 4) is 11.4 Å². The topological polar surface area (TPSA) is 104 Å². The fourth-order valence-corrected chi connectivity index (χ4v) is 2.54. The number of rotatable bonds is 5. The van der Waals surface area contributed by atoms with Gasteiger partial charge in [-0.2, -0.15) is 31.4 Å². The number of halogens is 6. The molecule has 0 saturated carbocycles. The quantitative estimate of drug-likeness (QED) is 0.408. The lowest BCUT2D eigenvalue weighted by molar-refractivity contribution is -0.141. The van der Waals surface area contributed by atoms with Gasteiger partial charge < -0.3 is 5.73 Å². The zero-order valence-corrected chi connectivity index (χ0v) is 15.5. The summed E-state index contributed by atoms with van der Waals surface area (Å²) in [5, 5.41) is 13.3. The van der Waals surface area contributed by atoms with E-state index in [4.69, 9.17) is 11.1 Å². The molecule has 3 rings (SSSR count). The lowest BCUT2D eigenvalue weighted by atomic mass is 10.1. The molecule has 31 heavy (non-hydrogen) atoms. The van der Waals surface area contributed by atoms with E-state index in [1.165, 1.54) is 18.2 Å². The molecule has 0 saturated heterocycles. The van der Waals surface area contributed by atoms with Crippen molar-refractivity contribution in [2.24, 2.45) is 5.73 Å². The van der Waals surface area contributed by atoms with Gasteiger partial charge in [0.1, 0.15) is 17.1 Å². The van der Waals surface area contributed by atoms with Crippen molar-refractivity contribution in [2.75, 3.05) is 0 Å². The van der Waals surface area contributed by atoms with Crippen LogP contribution in [0.2, 0.25) is 0 Å². The number of hydrogen-bond acceptors (Lipinski definition) is 5. The molecule has 4 N–H and O–H groups in total. The third kappa shape index (κ3) is 5.47. The Hall–Kier alpha value is -3.70. The Morgan fingerprint density at radius 3 is 2.23 bits per heavy atom. The van der Waals surface area contributed by atoms with Crippen molar-refractivity contribution in [2.45, 2.75) is 18.8 Å². The maximum atomic E-state index is 12.7. The minimum atomic E-state index is -4.76. The molecule has 6 nitrogen and oxygen atoms in total. The number of nitrogens with one attached hydrogen (secondary N) is 2. The number of nitrogens with zero attached hydrogens (tertiary/aromatic N) is 3. The maximum absolute atomic E-state index is 12.7. The average Bonchev–Trinajstić information content (AvgIpc) is 3.18. The van der Waals surface area contributed by atoms with Crippen LogP contribution in [0.1, 0.15) is 22.8 Å². The van der Waals surface area contributed by atoms with E-state index in [0.29, 0.717) is 17.5 Å². The molecule has 0 spiro atoms. The fourth-order valence-electron chi connectivity index (χ4n) is 2.54. The Bertz CT molecular complexity index is 1130. The smallest absolute Gasteiger partial charge is 0.395 e. The van der Waals surface area contributed by atoms with Crippen LogP contribution in [0.5, 0.6) is 0 Å². The van der Waals surface area contributed by atoms with Gasteiger partial charge in [-0.1, -0.05) is 12.1 Å². The van der Waals surface area contributed by atoms with E-state index in [1.54, 1.807) is 18.2 Å². The summed E-state index contributed by atoms with van der Waals surface area (Å²) in [6, 6.07) is 9.97. The van der Waals surface area contributed by atoms with E-state index in [0.717, 1.165) is 6.07 Å². The summed E-state index contributed by atoms with van der Waals surface area (Å²) in [4.78, 5) is 8.40. The van der Waals surface area contributed by atoms with Gasteiger partial charge in [0.05, 0.1) is 17.1 Å². The minimum Gasteiger partial charge on any atom is -0.395 e. The molecule has 12 heteroatoms. The Kier molecular flexibility index (Phi) is 5.82. The standard InChI is InChI=1S/C19H14F6N6/c20-18(21,22)16(27)8-12(26)13-5-1-3-10(28-13)7-11-4-2-6-14(29-11)15-9-17(31-30-15)19(23,24)25/h1-6,8-9,26H,7,27H2,(H,30,31). The highest BCUT2D eigenvalue weighted by molar-refractivity contribution is 6.05. The second kappa shape index (κ2) is 8.20. The van der Waals surface area contributed by atoms with Gasteiger partial charge in [-0.3, -0.25) is 20.5 Å². The molecule has 3 aromatic heterocycles. The number of pyridine rings is 2. The summed E-state index contributed by atoms with van der Waals surface area (Å²) in [7, 11) is 0. The van der Waals surface area contributed by atoms with Gasteiger partial charge in [-0.25, -0.2) is 0 Å². The van der Waals surface area contributed by atoms with Crippen LogP contribution in [0.15, 0.2) is 54.2 Å². The molecule has 162 valence electrons. The Morgan fingerprint density at radius 1 is 0.968 bits per heavy atom. The van der Waals surface area contributed by atoms with Crippen molar-refractivity contribution in [3.05, 3.63) is 77.0 Å². The van der Waals surface area contributed by atoms with Crippen LogP contribution >= 0.6 is 0 Å². The van der Waals surface area contributed by atoms with Crippen molar-refractivity contribution >= 4 is 5.71 Å². The van der Waals surface area contributed by atoms with Crippen molar-refractivity contribution in [1.29, 1.82) is 5.41 Å². The number of alkyl halides is 6. The fraction of sp³-hybridized carbons (Fsp3) is 0.158. The van der Waals surface area contributed by atoms with E-state index < -0.39 is 29.5 Å². The van der Waals surface area contributed by atoms with Crippen molar-refractivity contribution in [3.63, 3.8) is 0 Å². The molecule has 0 aromatic carbocycles. The first-order valence-corrected chi connectivity index (χ1v) is 8.61. The zero-order valence-electron chi connectivity index (χ0n) is 15.5. The highest BCUT2D eigenvalue weighted by Crippen LogP contribution is 2.30. The molecule has 0 unspecified atom stereocenters. The first-order valence-electron chi connectivity index (χ1n) is 8.61. The van der Waals surface area contributed by atoms with Gasteiger partial charge in [0, 0.05) is 17.8 Å². The zero-order chi connectivity index (χ0) is 22.8. The molecule has 0 aliphatic carbocycles.